The molecule has 6 heteroatoms. The number of nitrogens with one attached hydrogen (secondary N) is 1. The van der Waals surface area contributed by atoms with E-state index in [-0.39, 0.29) is 12.3 Å². The van der Waals surface area contributed by atoms with Crippen LogP contribution < -0.4 is 10.1 Å². The van der Waals surface area contributed by atoms with Gasteiger partial charge in [-0.25, -0.2) is 0 Å². The van der Waals surface area contributed by atoms with Crippen LogP contribution in [0.1, 0.15) is 22.6 Å². The van der Waals surface area contributed by atoms with E-state index in [1.165, 1.54) is 0 Å². The number of anilines is 1. The van der Waals surface area contributed by atoms with Crippen LogP contribution >= 0.6 is 11.6 Å². The summed E-state index contributed by atoms with van der Waals surface area (Å²) in [4.78, 5) is 12.2. The third kappa shape index (κ3) is 4.64. The van der Waals surface area contributed by atoms with Crippen molar-refractivity contribution in [2.75, 3.05) is 5.32 Å². The van der Waals surface area contributed by atoms with Crippen molar-refractivity contribution in [3.8, 4) is 5.75 Å². The molecular weight excluding hydrogens is 352 g/mol. The maximum absolute atomic E-state index is 12.2. The highest BCUT2D eigenvalue weighted by Crippen LogP contribution is 2.19. The number of aromatic nitrogens is 1. The minimum Gasteiger partial charge on any atom is -0.489 e. The van der Waals surface area contributed by atoms with E-state index in [1.807, 2.05) is 55.5 Å². The standard InChI is InChI=1S/C20H19ClN2O3/c1-13-19(14(2)26-23-13)11-20(24)22-17-7-9-18(10-8-17)25-12-15-3-5-16(21)6-4-15/h3-10H,11-12H2,1-2H3,(H,22,24). The van der Waals surface area contributed by atoms with E-state index in [0.717, 1.165) is 22.6 Å². The number of carbonyl (C=O) groups excluding carboxylic acids is 1. The number of halogens is 1. The maximum atomic E-state index is 12.2. The van der Waals surface area contributed by atoms with Gasteiger partial charge in [0.05, 0.1) is 12.1 Å². The molecule has 3 aromatic rings. The minimum absolute atomic E-state index is 0.116. The molecule has 0 bridgehead atoms. The normalized spacial score (nSPS) is 10.6. The van der Waals surface area contributed by atoms with Crippen LogP contribution in [0.3, 0.4) is 0 Å². The predicted octanol–water partition coefficient (Wildman–Crippen LogP) is 4.71. The second-order valence-corrected chi connectivity index (χ2v) is 6.40. The number of hydrogen-bond donors (Lipinski definition) is 1. The Kier molecular flexibility index (Phi) is 5.58. The molecule has 1 N–H and O–H groups in total. The van der Waals surface area contributed by atoms with Crippen molar-refractivity contribution < 1.29 is 14.1 Å². The molecule has 0 unspecified atom stereocenters. The highest BCUT2D eigenvalue weighted by molar-refractivity contribution is 6.30. The molecule has 134 valence electrons. The Hall–Kier alpha value is -2.79. The fraction of sp³-hybridized carbons (Fsp3) is 0.200. The summed E-state index contributed by atoms with van der Waals surface area (Å²) in [7, 11) is 0. The number of benzene rings is 2. The molecule has 1 heterocycles. The van der Waals surface area contributed by atoms with Crippen LogP contribution in [0.2, 0.25) is 5.02 Å². The van der Waals surface area contributed by atoms with E-state index in [2.05, 4.69) is 10.5 Å². The van der Waals surface area contributed by atoms with Gasteiger partial charge in [-0.05, 0) is 55.8 Å². The zero-order valence-corrected chi connectivity index (χ0v) is 15.3. The van der Waals surface area contributed by atoms with Gasteiger partial charge < -0.3 is 14.6 Å². The van der Waals surface area contributed by atoms with E-state index in [4.69, 9.17) is 20.9 Å². The van der Waals surface area contributed by atoms with E-state index < -0.39 is 0 Å². The summed E-state index contributed by atoms with van der Waals surface area (Å²) >= 11 is 5.87. The van der Waals surface area contributed by atoms with Crippen molar-refractivity contribution in [3.63, 3.8) is 0 Å². The molecule has 0 saturated carbocycles. The monoisotopic (exact) mass is 370 g/mol. The lowest BCUT2D eigenvalue weighted by Gasteiger charge is -2.09. The molecule has 0 aliphatic heterocycles. The molecule has 3 rings (SSSR count). The predicted molar refractivity (Wildman–Crippen MR) is 101 cm³/mol. The first kappa shape index (κ1) is 18.0. The number of rotatable bonds is 6. The Balaban J connectivity index is 1.54. The summed E-state index contributed by atoms with van der Waals surface area (Å²) in [6.07, 6.45) is 0.232. The fourth-order valence-electron chi connectivity index (χ4n) is 2.50. The maximum Gasteiger partial charge on any atom is 0.228 e. The lowest BCUT2D eigenvalue weighted by atomic mass is 10.1. The van der Waals surface area contributed by atoms with E-state index in [0.29, 0.717) is 23.1 Å². The van der Waals surface area contributed by atoms with Crippen LogP contribution in [0.25, 0.3) is 0 Å². The molecule has 0 aliphatic carbocycles. The minimum atomic E-state index is -0.116. The molecule has 2 aromatic carbocycles. The third-order valence-electron chi connectivity index (χ3n) is 3.98. The smallest absolute Gasteiger partial charge is 0.228 e. The molecule has 0 radical (unpaired) electrons. The van der Waals surface area contributed by atoms with Gasteiger partial charge in [0.25, 0.3) is 0 Å². The summed E-state index contributed by atoms with van der Waals surface area (Å²) < 4.78 is 10.8. The fourth-order valence-corrected chi connectivity index (χ4v) is 2.63. The second-order valence-electron chi connectivity index (χ2n) is 5.97. The quantitative estimate of drug-likeness (QED) is 0.682. The van der Waals surface area contributed by atoms with Gasteiger partial charge in [0.2, 0.25) is 5.91 Å². The summed E-state index contributed by atoms with van der Waals surface area (Å²) in [6.45, 7) is 4.08. The summed E-state index contributed by atoms with van der Waals surface area (Å²) in [5, 5.41) is 7.42. The van der Waals surface area contributed by atoms with Crippen LogP contribution in [0.5, 0.6) is 5.75 Å². The average molecular weight is 371 g/mol. The van der Waals surface area contributed by atoms with E-state index >= 15 is 0 Å². The Morgan fingerprint density at radius 2 is 1.81 bits per heavy atom. The average Bonchev–Trinajstić information content (AvgIpc) is 2.94. The Morgan fingerprint density at radius 1 is 1.12 bits per heavy atom. The first-order valence-electron chi connectivity index (χ1n) is 8.20. The van der Waals surface area contributed by atoms with Crippen LogP contribution in [0.4, 0.5) is 5.69 Å². The van der Waals surface area contributed by atoms with Crippen LogP contribution in [0.15, 0.2) is 53.1 Å². The van der Waals surface area contributed by atoms with Gasteiger partial charge in [-0.15, -0.1) is 0 Å². The van der Waals surface area contributed by atoms with Crippen molar-refractivity contribution in [3.05, 3.63) is 76.1 Å². The summed E-state index contributed by atoms with van der Waals surface area (Å²) in [5.74, 6) is 1.28. The summed E-state index contributed by atoms with van der Waals surface area (Å²) in [6, 6.07) is 14.8. The first-order chi connectivity index (χ1) is 12.5. The Bertz CT molecular complexity index is 867. The molecule has 5 nitrogen and oxygen atoms in total. The van der Waals surface area contributed by atoms with Crippen molar-refractivity contribution in [2.45, 2.75) is 26.9 Å². The molecule has 0 saturated heterocycles. The van der Waals surface area contributed by atoms with Gasteiger partial charge in [0.15, 0.2) is 0 Å². The highest BCUT2D eigenvalue weighted by Gasteiger charge is 2.13. The lowest BCUT2D eigenvalue weighted by Crippen LogP contribution is -2.15. The van der Waals surface area contributed by atoms with E-state index in [1.54, 1.807) is 6.92 Å². The number of amides is 1. The molecule has 0 atom stereocenters. The van der Waals surface area contributed by atoms with Gasteiger partial charge >= 0.3 is 0 Å². The van der Waals surface area contributed by atoms with Gasteiger partial charge in [0.1, 0.15) is 18.1 Å². The van der Waals surface area contributed by atoms with Crippen molar-refractivity contribution in [1.82, 2.24) is 5.16 Å². The molecule has 0 aliphatic rings. The van der Waals surface area contributed by atoms with Gasteiger partial charge in [-0.1, -0.05) is 28.9 Å². The topological polar surface area (TPSA) is 64.4 Å². The van der Waals surface area contributed by atoms with Crippen LogP contribution in [-0.2, 0) is 17.8 Å². The van der Waals surface area contributed by atoms with Crippen molar-refractivity contribution in [1.29, 1.82) is 0 Å². The second kappa shape index (κ2) is 8.06. The largest absolute Gasteiger partial charge is 0.489 e. The van der Waals surface area contributed by atoms with Crippen LogP contribution in [0, 0.1) is 13.8 Å². The Labute approximate surface area is 156 Å². The zero-order chi connectivity index (χ0) is 18.5. The zero-order valence-electron chi connectivity index (χ0n) is 14.6. The van der Waals surface area contributed by atoms with Crippen LogP contribution in [-0.4, -0.2) is 11.1 Å². The highest BCUT2D eigenvalue weighted by atomic mass is 35.5. The van der Waals surface area contributed by atoms with Crippen molar-refractivity contribution >= 4 is 23.2 Å². The SMILES string of the molecule is Cc1noc(C)c1CC(=O)Nc1ccc(OCc2ccc(Cl)cc2)cc1. The molecule has 1 aromatic heterocycles. The number of nitrogens with zero attached hydrogens (tertiary/aromatic N) is 1. The van der Waals surface area contributed by atoms with Gasteiger partial charge in [0, 0.05) is 16.3 Å². The van der Waals surface area contributed by atoms with Gasteiger partial charge in [-0.2, -0.15) is 0 Å². The number of aryl methyl sites for hydroxylation is 2. The van der Waals surface area contributed by atoms with Crippen molar-refractivity contribution in [2.24, 2.45) is 0 Å². The van der Waals surface area contributed by atoms with Gasteiger partial charge in [-0.3, -0.25) is 4.79 Å². The third-order valence-corrected chi connectivity index (χ3v) is 4.23. The molecule has 1 amide bonds. The number of ether oxygens (including phenoxy) is 1. The lowest BCUT2D eigenvalue weighted by molar-refractivity contribution is -0.115. The molecule has 0 fully saturated rings. The van der Waals surface area contributed by atoms with E-state index in [9.17, 15) is 4.79 Å². The first-order valence-corrected chi connectivity index (χ1v) is 8.58. The molecular formula is C20H19ClN2O3. The Morgan fingerprint density at radius 3 is 2.42 bits per heavy atom. The number of hydrogen-bond acceptors (Lipinski definition) is 4. The number of carbonyl (C=O) groups is 1. The molecule has 0 spiro atoms. The summed E-state index contributed by atoms with van der Waals surface area (Å²) in [5.41, 5.74) is 3.31. The molecule has 26 heavy (non-hydrogen) atoms.